The summed E-state index contributed by atoms with van der Waals surface area (Å²) < 4.78 is 0. The largest absolute Gasteiger partial charge is 0.478 e. The number of pyridine rings is 1. The van der Waals surface area contributed by atoms with Crippen molar-refractivity contribution in [1.82, 2.24) is 10.3 Å². The van der Waals surface area contributed by atoms with Gasteiger partial charge in [-0.25, -0.2) is 4.79 Å². The quantitative estimate of drug-likeness (QED) is 0.885. The standard InChI is InChI=1S/C15H18N2O3/c18-13(11-8-10(14(19)20)4-7-16-11)17-12-9-15(12)5-2-1-3-6-15/h4,7-8,12H,1-3,5-6,9H2,(H,17,18)(H,19,20)/t12-/m1/s1. The summed E-state index contributed by atoms with van der Waals surface area (Å²) in [5.41, 5.74) is 0.592. The Morgan fingerprint density at radius 2 is 2.05 bits per heavy atom. The van der Waals surface area contributed by atoms with Gasteiger partial charge >= 0.3 is 5.97 Å². The third-order valence-electron chi connectivity index (χ3n) is 4.58. The van der Waals surface area contributed by atoms with Gasteiger partial charge in [-0.15, -0.1) is 0 Å². The van der Waals surface area contributed by atoms with E-state index in [0.29, 0.717) is 5.41 Å². The van der Waals surface area contributed by atoms with Crippen LogP contribution in [0.3, 0.4) is 0 Å². The van der Waals surface area contributed by atoms with Gasteiger partial charge in [0.05, 0.1) is 5.56 Å². The van der Waals surface area contributed by atoms with Crippen molar-refractivity contribution in [2.45, 2.75) is 44.6 Å². The van der Waals surface area contributed by atoms with Crippen molar-refractivity contribution in [3.05, 3.63) is 29.6 Å². The Morgan fingerprint density at radius 1 is 1.30 bits per heavy atom. The topological polar surface area (TPSA) is 79.3 Å². The van der Waals surface area contributed by atoms with E-state index >= 15 is 0 Å². The first-order chi connectivity index (χ1) is 9.61. The van der Waals surface area contributed by atoms with E-state index in [0.717, 1.165) is 6.42 Å². The van der Waals surface area contributed by atoms with Gasteiger partial charge in [-0.2, -0.15) is 0 Å². The third-order valence-corrected chi connectivity index (χ3v) is 4.58. The zero-order valence-corrected chi connectivity index (χ0v) is 11.3. The van der Waals surface area contributed by atoms with Crippen LogP contribution in [0.4, 0.5) is 0 Å². The molecule has 0 unspecified atom stereocenters. The number of hydrogen-bond donors (Lipinski definition) is 2. The van der Waals surface area contributed by atoms with Gasteiger partial charge in [-0.3, -0.25) is 9.78 Å². The number of rotatable bonds is 3. The Hall–Kier alpha value is -1.91. The average Bonchev–Trinajstić information content (AvgIpc) is 3.11. The molecule has 2 aliphatic carbocycles. The van der Waals surface area contributed by atoms with Crippen molar-refractivity contribution in [3.63, 3.8) is 0 Å². The molecule has 5 heteroatoms. The van der Waals surface area contributed by atoms with Crippen LogP contribution in [0.25, 0.3) is 0 Å². The van der Waals surface area contributed by atoms with Gasteiger partial charge in [-0.1, -0.05) is 19.3 Å². The lowest BCUT2D eigenvalue weighted by atomic mass is 9.86. The highest BCUT2D eigenvalue weighted by molar-refractivity contribution is 5.96. The number of nitrogens with zero attached hydrogens (tertiary/aromatic N) is 1. The Bertz CT molecular complexity index is 550. The lowest BCUT2D eigenvalue weighted by molar-refractivity contribution is 0.0696. The molecule has 5 nitrogen and oxygen atoms in total. The van der Waals surface area contributed by atoms with Crippen molar-refractivity contribution in [2.75, 3.05) is 0 Å². The van der Waals surface area contributed by atoms with E-state index in [9.17, 15) is 9.59 Å². The predicted octanol–water partition coefficient (Wildman–Crippen LogP) is 2.23. The number of hydrogen-bond acceptors (Lipinski definition) is 3. The molecule has 2 saturated carbocycles. The molecule has 1 spiro atoms. The highest BCUT2D eigenvalue weighted by Crippen LogP contribution is 2.56. The van der Waals surface area contributed by atoms with Crippen LogP contribution in [0, 0.1) is 5.41 Å². The van der Waals surface area contributed by atoms with Gasteiger partial charge in [-0.05, 0) is 36.8 Å². The zero-order valence-electron chi connectivity index (χ0n) is 11.3. The summed E-state index contributed by atoms with van der Waals surface area (Å²) >= 11 is 0. The van der Waals surface area contributed by atoms with Crippen LogP contribution in [0.5, 0.6) is 0 Å². The molecule has 0 bridgehead atoms. The van der Waals surface area contributed by atoms with Gasteiger partial charge in [0.2, 0.25) is 0 Å². The summed E-state index contributed by atoms with van der Waals surface area (Å²) in [4.78, 5) is 27.0. The second-order valence-corrected chi connectivity index (χ2v) is 5.89. The average molecular weight is 274 g/mol. The highest BCUT2D eigenvalue weighted by Gasteiger charge is 2.54. The molecule has 2 aliphatic rings. The summed E-state index contributed by atoms with van der Waals surface area (Å²) in [6.45, 7) is 0. The van der Waals surface area contributed by atoms with Crippen LogP contribution < -0.4 is 5.32 Å². The maximum Gasteiger partial charge on any atom is 0.335 e. The van der Waals surface area contributed by atoms with Crippen LogP contribution in [0.1, 0.15) is 59.4 Å². The lowest BCUT2D eigenvalue weighted by Crippen LogP contribution is -2.31. The van der Waals surface area contributed by atoms with Crippen molar-refractivity contribution in [2.24, 2.45) is 5.41 Å². The Labute approximate surface area is 117 Å². The molecule has 1 aromatic heterocycles. The first kappa shape index (κ1) is 13.1. The first-order valence-corrected chi connectivity index (χ1v) is 7.11. The van der Waals surface area contributed by atoms with Gasteiger partial charge in [0.25, 0.3) is 5.91 Å². The van der Waals surface area contributed by atoms with E-state index in [2.05, 4.69) is 10.3 Å². The molecule has 3 rings (SSSR count). The lowest BCUT2D eigenvalue weighted by Gasteiger charge is -2.22. The second kappa shape index (κ2) is 4.89. The van der Waals surface area contributed by atoms with Crippen LogP contribution in [0.15, 0.2) is 18.3 Å². The number of nitrogens with one attached hydrogen (secondary N) is 1. The number of carboxylic acid groups (broad SMARTS) is 1. The Morgan fingerprint density at radius 3 is 2.75 bits per heavy atom. The maximum absolute atomic E-state index is 12.1. The molecule has 0 aliphatic heterocycles. The number of aromatic nitrogens is 1. The van der Waals surface area contributed by atoms with Gasteiger partial charge < -0.3 is 10.4 Å². The Kier molecular flexibility index (Phi) is 3.20. The molecular formula is C15H18N2O3. The molecule has 0 aromatic carbocycles. The molecule has 1 amide bonds. The van der Waals surface area contributed by atoms with Crippen LogP contribution in [-0.2, 0) is 0 Å². The number of aromatic carboxylic acids is 1. The predicted molar refractivity (Wildman–Crippen MR) is 72.6 cm³/mol. The summed E-state index contributed by atoms with van der Waals surface area (Å²) in [7, 11) is 0. The molecule has 20 heavy (non-hydrogen) atoms. The van der Waals surface area contributed by atoms with E-state index in [-0.39, 0.29) is 23.2 Å². The fourth-order valence-corrected chi connectivity index (χ4v) is 3.28. The smallest absolute Gasteiger partial charge is 0.335 e. The first-order valence-electron chi connectivity index (χ1n) is 7.11. The van der Waals surface area contributed by atoms with E-state index in [1.807, 2.05) is 0 Å². The van der Waals surface area contributed by atoms with Crippen molar-refractivity contribution >= 4 is 11.9 Å². The third kappa shape index (κ3) is 2.40. The molecular weight excluding hydrogens is 256 g/mol. The number of carbonyl (C=O) groups is 2. The van der Waals surface area contributed by atoms with Crippen LogP contribution in [-0.4, -0.2) is 28.0 Å². The molecule has 1 atom stereocenters. The zero-order chi connectivity index (χ0) is 14.2. The molecule has 1 aromatic rings. The molecule has 2 N–H and O–H groups in total. The summed E-state index contributed by atoms with van der Waals surface area (Å²) in [5, 5.41) is 11.9. The number of carbonyl (C=O) groups excluding carboxylic acids is 1. The molecule has 106 valence electrons. The summed E-state index contributed by atoms with van der Waals surface area (Å²) in [6.07, 6.45) is 8.60. The normalized spacial score (nSPS) is 23.3. The van der Waals surface area contributed by atoms with Crippen molar-refractivity contribution in [1.29, 1.82) is 0 Å². The van der Waals surface area contributed by atoms with E-state index < -0.39 is 5.97 Å². The minimum atomic E-state index is -1.04. The van der Waals surface area contributed by atoms with E-state index in [1.165, 1.54) is 50.4 Å². The van der Waals surface area contributed by atoms with Gasteiger partial charge in [0, 0.05) is 12.2 Å². The van der Waals surface area contributed by atoms with Crippen LogP contribution in [0.2, 0.25) is 0 Å². The molecule has 0 saturated heterocycles. The van der Waals surface area contributed by atoms with Gasteiger partial charge in [0.15, 0.2) is 0 Å². The van der Waals surface area contributed by atoms with Crippen molar-refractivity contribution < 1.29 is 14.7 Å². The van der Waals surface area contributed by atoms with Crippen molar-refractivity contribution in [3.8, 4) is 0 Å². The fraction of sp³-hybridized carbons (Fsp3) is 0.533. The second-order valence-electron chi connectivity index (χ2n) is 5.89. The van der Waals surface area contributed by atoms with Gasteiger partial charge in [0.1, 0.15) is 5.69 Å². The molecule has 2 fully saturated rings. The van der Waals surface area contributed by atoms with Crippen LogP contribution >= 0.6 is 0 Å². The number of amides is 1. The number of carboxylic acids is 1. The molecule has 1 heterocycles. The molecule has 0 radical (unpaired) electrons. The minimum Gasteiger partial charge on any atom is -0.478 e. The Balaban J connectivity index is 1.65. The monoisotopic (exact) mass is 274 g/mol. The summed E-state index contributed by atoms with van der Waals surface area (Å²) in [5.74, 6) is -1.31. The van der Waals surface area contributed by atoms with E-state index in [1.54, 1.807) is 0 Å². The van der Waals surface area contributed by atoms with E-state index in [4.69, 9.17) is 5.11 Å². The minimum absolute atomic E-state index is 0.0910. The maximum atomic E-state index is 12.1. The highest BCUT2D eigenvalue weighted by atomic mass is 16.4. The SMILES string of the molecule is O=C(O)c1ccnc(C(=O)N[C@@H]2CC23CCCCC3)c1. The summed E-state index contributed by atoms with van der Waals surface area (Å²) in [6, 6.07) is 2.96. The fourth-order valence-electron chi connectivity index (χ4n) is 3.28.